The highest BCUT2D eigenvalue weighted by atomic mass is 16.7. The van der Waals surface area contributed by atoms with Gasteiger partial charge in [-0.1, -0.05) is 23.8 Å². The Morgan fingerprint density at radius 2 is 2.00 bits per heavy atom. The van der Waals surface area contributed by atoms with Crippen molar-refractivity contribution >= 4 is 11.9 Å². The van der Waals surface area contributed by atoms with Gasteiger partial charge in [-0.05, 0) is 46.5 Å². The summed E-state index contributed by atoms with van der Waals surface area (Å²) in [5.74, 6) is -0.909. The molecule has 30 heavy (non-hydrogen) atoms. The fourth-order valence-corrected chi connectivity index (χ4v) is 4.71. The summed E-state index contributed by atoms with van der Waals surface area (Å²) < 4.78 is 23.1. The second-order valence-electron chi connectivity index (χ2n) is 9.13. The molecule has 3 rings (SSSR count). The molecule has 0 amide bonds. The SMILES string of the molecule is C=C1CC[C@H]2O[C@@]2(C)CC[C@H]2C([C@@H](CC=C(C)C)OC(C)=O)=CO[C@H](OC(C)=O)[C@@H]12. The van der Waals surface area contributed by atoms with Crippen LogP contribution in [-0.4, -0.2) is 36.0 Å². The number of rotatable bonds is 5. The van der Waals surface area contributed by atoms with Gasteiger partial charge in [0.25, 0.3) is 0 Å². The molecule has 0 radical (unpaired) electrons. The van der Waals surface area contributed by atoms with E-state index in [1.54, 1.807) is 6.26 Å². The van der Waals surface area contributed by atoms with Crippen LogP contribution in [0, 0.1) is 11.8 Å². The lowest BCUT2D eigenvalue weighted by molar-refractivity contribution is -0.181. The van der Waals surface area contributed by atoms with E-state index >= 15 is 0 Å². The first-order chi connectivity index (χ1) is 14.1. The van der Waals surface area contributed by atoms with Crippen LogP contribution in [0.2, 0.25) is 0 Å². The first-order valence-corrected chi connectivity index (χ1v) is 10.8. The minimum absolute atomic E-state index is 0.00899. The Balaban J connectivity index is 1.96. The molecule has 1 aliphatic carbocycles. The van der Waals surface area contributed by atoms with E-state index in [-0.39, 0.29) is 35.5 Å². The van der Waals surface area contributed by atoms with Gasteiger partial charge in [0, 0.05) is 31.8 Å². The number of esters is 2. The molecule has 2 fully saturated rings. The highest BCUT2D eigenvalue weighted by Crippen LogP contribution is 2.50. The van der Waals surface area contributed by atoms with E-state index in [4.69, 9.17) is 18.9 Å². The van der Waals surface area contributed by atoms with E-state index < -0.39 is 12.4 Å². The Bertz CT molecular complexity index is 762. The third-order valence-corrected chi connectivity index (χ3v) is 6.38. The summed E-state index contributed by atoms with van der Waals surface area (Å²) in [4.78, 5) is 23.6. The Morgan fingerprint density at radius 1 is 1.27 bits per heavy atom. The number of ether oxygens (including phenoxy) is 4. The lowest BCUT2D eigenvalue weighted by atomic mass is 9.74. The van der Waals surface area contributed by atoms with Crippen molar-refractivity contribution in [3.8, 4) is 0 Å². The predicted molar refractivity (Wildman–Crippen MR) is 112 cm³/mol. The van der Waals surface area contributed by atoms with Gasteiger partial charge >= 0.3 is 11.9 Å². The molecule has 0 bridgehead atoms. The fourth-order valence-electron chi connectivity index (χ4n) is 4.71. The van der Waals surface area contributed by atoms with Crippen molar-refractivity contribution in [2.75, 3.05) is 0 Å². The van der Waals surface area contributed by atoms with Crippen LogP contribution in [0.3, 0.4) is 0 Å². The maximum Gasteiger partial charge on any atom is 0.305 e. The molecule has 1 saturated heterocycles. The Kier molecular flexibility index (Phi) is 6.75. The van der Waals surface area contributed by atoms with Gasteiger partial charge < -0.3 is 18.9 Å². The molecule has 6 atom stereocenters. The van der Waals surface area contributed by atoms with Crippen LogP contribution in [0.4, 0.5) is 0 Å². The zero-order chi connectivity index (χ0) is 22.1. The van der Waals surface area contributed by atoms with Crippen LogP contribution >= 0.6 is 0 Å². The van der Waals surface area contributed by atoms with E-state index in [1.165, 1.54) is 13.8 Å². The summed E-state index contributed by atoms with van der Waals surface area (Å²) in [6, 6.07) is 0. The van der Waals surface area contributed by atoms with Crippen LogP contribution in [0.5, 0.6) is 0 Å². The summed E-state index contributed by atoms with van der Waals surface area (Å²) in [5.41, 5.74) is 2.94. The van der Waals surface area contributed by atoms with E-state index in [0.717, 1.165) is 42.4 Å². The van der Waals surface area contributed by atoms with E-state index in [2.05, 4.69) is 19.6 Å². The second-order valence-corrected chi connectivity index (χ2v) is 9.13. The van der Waals surface area contributed by atoms with Crippen LogP contribution in [0.25, 0.3) is 0 Å². The van der Waals surface area contributed by atoms with Gasteiger partial charge in [-0.15, -0.1) is 0 Å². The molecule has 0 spiro atoms. The molecule has 6 heteroatoms. The molecule has 0 aromatic rings. The van der Waals surface area contributed by atoms with Crippen molar-refractivity contribution in [2.24, 2.45) is 11.8 Å². The van der Waals surface area contributed by atoms with Crippen molar-refractivity contribution in [1.29, 1.82) is 0 Å². The van der Waals surface area contributed by atoms with Gasteiger partial charge in [0.05, 0.1) is 23.9 Å². The zero-order valence-electron chi connectivity index (χ0n) is 18.7. The molecule has 0 N–H and O–H groups in total. The average molecular weight is 419 g/mol. The van der Waals surface area contributed by atoms with Gasteiger partial charge in [0.1, 0.15) is 6.10 Å². The summed E-state index contributed by atoms with van der Waals surface area (Å²) in [7, 11) is 0. The molecule has 1 saturated carbocycles. The summed E-state index contributed by atoms with van der Waals surface area (Å²) in [6.07, 6.45) is 6.74. The number of hydrogen-bond donors (Lipinski definition) is 0. The third kappa shape index (κ3) is 5.15. The molecular weight excluding hydrogens is 384 g/mol. The number of carbonyl (C=O) groups is 2. The van der Waals surface area contributed by atoms with E-state index in [1.807, 2.05) is 13.8 Å². The number of allylic oxidation sites excluding steroid dienone is 1. The van der Waals surface area contributed by atoms with Gasteiger partial charge in [-0.25, -0.2) is 0 Å². The van der Waals surface area contributed by atoms with Crippen LogP contribution < -0.4 is 0 Å². The van der Waals surface area contributed by atoms with E-state index in [0.29, 0.717) is 6.42 Å². The summed E-state index contributed by atoms with van der Waals surface area (Å²) in [5, 5.41) is 0. The highest BCUT2D eigenvalue weighted by Gasteiger charge is 2.54. The van der Waals surface area contributed by atoms with Gasteiger partial charge in [0.15, 0.2) is 0 Å². The van der Waals surface area contributed by atoms with Gasteiger partial charge in [0.2, 0.25) is 6.29 Å². The molecule has 2 aliphatic heterocycles. The standard InChI is InChI=1S/C24H34O6/c1-14(2)7-9-20(28-16(4)25)19-13-27-23(29-17(5)26)22-15(3)8-10-21-24(6,30-21)12-11-18(19)22/h7,13,18,20-23H,3,8-12H2,1-2,4-6H3/t18-,20+,21+,22-,23+,24-/m0/s1. The van der Waals surface area contributed by atoms with Crippen LogP contribution in [0.15, 0.2) is 35.6 Å². The molecule has 0 aromatic carbocycles. The molecule has 6 nitrogen and oxygen atoms in total. The fraction of sp³-hybridized carbons (Fsp3) is 0.667. The maximum absolute atomic E-state index is 11.8. The summed E-state index contributed by atoms with van der Waals surface area (Å²) >= 11 is 0. The Labute approximate surface area is 179 Å². The van der Waals surface area contributed by atoms with Crippen LogP contribution in [0.1, 0.15) is 66.7 Å². The van der Waals surface area contributed by atoms with Crippen molar-refractivity contribution < 1.29 is 28.5 Å². The van der Waals surface area contributed by atoms with Crippen molar-refractivity contribution in [1.82, 2.24) is 0 Å². The first kappa shape index (κ1) is 22.6. The number of epoxide rings is 1. The molecule has 0 unspecified atom stereocenters. The van der Waals surface area contributed by atoms with Crippen molar-refractivity contribution in [3.63, 3.8) is 0 Å². The smallest absolute Gasteiger partial charge is 0.305 e. The largest absolute Gasteiger partial charge is 0.462 e. The Morgan fingerprint density at radius 3 is 2.63 bits per heavy atom. The average Bonchev–Trinajstić information content (AvgIpc) is 3.29. The predicted octanol–water partition coefficient (Wildman–Crippen LogP) is 4.60. The normalized spacial score (nSPS) is 33.8. The minimum atomic E-state index is -0.715. The van der Waals surface area contributed by atoms with E-state index in [9.17, 15) is 9.59 Å². The molecule has 166 valence electrons. The molecule has 2 heterocycles. The molecular formula is C24H34O6. The third-order valence-electron chi connectivity index (χ3n) is 6.38. The number of hydrogen-bond acceptors (Lipinski definition) is 6. The first-order valence-electron chi connectivity index (χ1n) is 10.8. The quantitative estimate of drug-likeness (QED) is 0.369. The highest BCUT2D eigenvalue weighted by molar-refractivity contribution is 5.67. The monoisotopic (exact) mass is 418 g/mol. The zero-order valence-corrected chi connectivity index (χ0v) is 18.7. The maximum atomic E-state index is 11.8. The van der Waals surface area contributed by atoms with Gasteiger partial charge in [-0.3, -0.25) is 9.59 Å². The summed E-state index contributed by atoms with van der Waals surface area (Å²) in [6.45, 7) is 13.3. The van der Waals surface area contributed by atoms with Crippen molar-refractivity contribution in [3.05, 3.63) is 35.6 Å². The lowest BCUT2D eigenvalue weighted by Crippen LogP contribution is -2.41. The molecule has 3 aliphatic rings. The van der Waals surface area contributed by atoms with Crippen LogP contribution in [-0.2, 0) is 28.5 Å². The Hall–Kier alpha value is -2.08. The number of carbonyl (C=O) groups excluding carboxylic acids is 2. The number of fused-ring (bicyclic) bond motifs is 2. The lowest BCUT2D eigenvalue weighted by Gasteiger charge is -2.40. The van der Waals surface area contributed by atoms with Gasteiger partial charge in [-0.2, -0.15) is 0 Å². The minimum Gasteiger partial charge on any atom is -0.462 e. The second kappa shape index (κ2) is 8.96. The van der Waals surface area contributed by atoms with Crippen molar-refractivity contribution in [2.45, 2.75) is 90.8 Å². The topological polar surface area (TPSA) is 74.4 Å². The molecule has 0 aromatic heterocycles.